The van der Waals surface area contributed by atoms with Gasteiger partial charge in [-0.1, -0.05) is 0 Å². The molecule has 6 heteroatoms. The van der Waals surface area contributed by atoms with E-state index in [0.717, 1.165) is 47.8 Å². The zero-order valence-corrected chi connectivity index (χ0v) is 14.9. The topological polar surface area (TPSA) is 62.3 Å². The molecule has 1 aliphatic carbocycles. The Labute approximate surface area is 141 Å². The summed E-state index contributed by atoms with van der Waals surface area (Å²) < 4.78 is 0. The van der Waals surface area contributed by atoms with Crippen molar-refractivity contribution >= 4 is 23.2 Å². The molecule has 2 heterocycles. The fourth-order valence-corrected chi connectivity index (χ4v) is 4.26. The number of amides is 2. The quantitative estimate of drug-likeness (QED) is 0.920. The summed E-state index contributed by atoms with van der Waals surface area (Å²) in [4.78, 5) is 32.2. The van der Waals surface area contributed by atoms with Gasteiger partial charge in [-0.25, -0.2) is 4.98 Å². The van der Waals surface area contributed by atoms with Gasteiger partial charge in [0.2, 0.25) is 11.8 Å². The number of aryl methyl sites for hydroxylation is 2. The Morgan fingerprint density at radius 3 is 2.61 bits per heavy atom. The number of nitrogens with zero attached hydrogens (tertiary/aromatic N) is 2. The van der Waals surface area contributed by atoms with Crippen LogP contribution in [-0.4, -0.2) is 34.8 Å². The van der Waals surface area contributed by atoms with E-state index in [4.69, 9.17) is 0 Å². The van der Waals surface area contributed by atoms with Gasteiger partial charge in [-0.15, -0.1) is 11.3 Å². The maximum atomic E-state index is 12.6. The molecule has 126 valence electrons. The highest BCUT2D eigenvalue weighted by molar-refractivity contribution is 7.11. The van der Waals surface area contributed by atoms with Gasteiger partial charge in [0.15, 0.2) is 0 Å². The summed E-state index contributed by atoms with van der Waals surface area (Å²) in [6, 6.07) is -0.0248. The number of carbonyl (C=O) groups excluding carboxylic acids is 2. The van der Waals surface area contributed by atoms with Gasteiger partial charge in [-0.05, 0) is 46.5 Å². The molecular weight excluding hydrogens is 310 g/mol. The number of aromatic nitrogens is 1. The molecule has 0 unspecified atom stereocenters. The molecule has 1 aliphatic heterocycles. The Kier molecular flexibility index (Phi) is 4.71. The molecule has 3 rings (SSSR count). The Bertz CT molecular complexity index is 609. The lowest BCUT2D eigenvalue weighted by Gasteiger charge is -2.32. The molecule has 2 atom stereocenters. The molecule has 0 radical (unpaired) electrons. The zero-order valence-electron chi connectivity index (χ0n) is 14.1. The van der Waals surface area contributed by atoms with Crippen molar-refractivity contribution in [2.75, 3.05) is 13.1 Å². The largest absolute Gasteiger partial charge is 0.348 e. The molecule has 1 N–H and O–H groups in total. The highest BCUT2D eigenvalue weighted by Crippen LogP contribution is 2.32. The van der Waals surface area contributed by atoms with E-state index in [2.05, 4.69) is 10.3 Å². The van der Waals surface area contributed by atoms with E-state index in [-0.39, 0.29) is 29.7 Å². The molecule has 5 nitrogen and oxygen atoms in total. The lowest BCUT2D eigenvalue weighted by atomic mass is 9.96. The Morgan fingerprint density at radius 1 is 1.26 bits per heavy atom. The summed E-state index contributed by atoms with van der Waals surface area (Å²) in [6.07, 6.45) is 3.83. The molecule has 0 bridgehead atoms. The van der Waals surface area contributed by atoms with Crippen LogP contribution in [0.5, 0.6) is 0 Å². The molecule has 2 amide bonds. The molecule has 0 aromatic carbocycles. The van der Waals surface area contributed by atoms with Crippen molar-refractivity contribution in [1.29, 1.82) is 0 Å². The first-order valence-corrected chi connectivity index (χ1v) is 9.30. The minimum absolute atomic E-state index is 0.0248. The van der Waals surface area contributed by atoms with Crippen molar-refractivity contribution in [3.8, 4) is 0 Å². The minimum Gasteiger partial charge on any atom is -0.348 e. The van der Waals surface area contributed by atoms with Gasteiger partial charge in [0.25, 0.3) is 0 Å². The molecule has 2 fully saturated rings. The summed E-state index contributed by atoms with van der Waals surface area (Å²) in [5.74, 6) is 0.475. The third-order valence-corrected chi connectivity index (χ3v) is 5.98. The van der Waals surface area contributed by atoms with Crippen LogP contribution >= 0.6 is 11.3 Å². The predicted molar refractivity (Wildman–Crippen MR) is 90.2 cm³/mol. The van der Waals surface area contributed by atoms with Crippen molar-refractivity contribution in [2.45, 2.75) is 52.5 Å². The van der Waals surface area contributed by atoms with Crippen LogP contribution in [-0.2, 0) is 9.59 Å². The lowest BCUT2D eigenvalue weighted by molar-refractivity contribution is -0.137. The summed E-state index contributed by atoms with van der Waals surface area (Å²) in [6.45, 7) is 7.36. The molecule has 2 aliphatic rings. The monoisotopic (exact) mass is 335 g/mol. The second-order valence-corrected chi connectivity index (χ2v) is 8.05. The second-order valence-electron chi connectivity index (χ2n) is 6.81. The highest BCUT2D eigenvalue weighted by Gasteiger charge is 2.36. The fourth-order valence-electron chi connectivity index (χ4n) is 3.33. The lowest BCUT2D eigenvalue weighted by Crippen LogP contribution is -2.46. The van der Waals surface area contributed by atoms with E-state index in [1.807, 2.05) is 25.7 Å². The number of rotatable bonds is 4. The number of likely N-dealkylation sites (tertiary alicyclic amines) is 1. The zero-order chi connectivity index (χ0) is 16.6. The number of thiazole rings is 1. The standard InChI is InChI=1S/C17H25N3O2S/c1-10-15(23-12(3)18-10)11(2)19-16(21)14-5-4-8-20(9-14)17(22)13-6-7-13/h11,13-14H,4-9H2,1-3H3,(H,19,21)/t11-,14+/m0/s1. The molecule has 23 heavy (non-hydrogen) atoms. The third kappa shape index (κ3) is 3.74. The van der Waals surface area contributed by atoms with Gasteiger partial charge in [0, 0.05) is 23.9 Å². The molecule has 1 aromatic heterocycles. The number of nitrogens with one attached hydrogen (secondary N) is 1. The highest BCUT2D eigenvalue weighted by atomic mass is 32.1. The van der Waals surface area contributed by atoms with Gasteiger partial charge in [-0.3, -0.25) is 9.59 Å². The van der Waals surface area contributed by atoms with Crippen LogP contribution in [0.25, 0.3) is 0 Å². The van der Waals surface area contributed by atoms with Crippen molar-refractivity contribution < 1.29 is 9.59 Å². The summed E-state index contributed by atoms with van der Waals surface area (Å²) in [5.41, 5.74) is 0.995. The van der Waals surface area contributed by atoms with E-state index < -0.39 is 0 Å². The Morgan fingerprint density at radius 2 is 2.00 bits per heavy atom. The van der Waals surface area contributed by atoms with Crippen molar-refractivity contribution in [1.82, 2.24) is 15.2 Å². The maximum Gasteiger partial charge on any atom is 0.225 e. The maximum absolute atomic E-state index is 12.6. The van der Waals surface area contributed by atoms with Gasteiger partial charge < -0.3 is 10.2 Å². The summed E-state index contributed by atoms with van der Waals surface area (Å²) >= 11 is 1.64. The first-order chi connectivity index (χ1) is 11.0. The normalized spacial score (nSPS) is 22.7. The fraction of sp³-hybridized carbons (Fsp3) is 0.706. The molecule has 0 spiro atoms. The number of carbonyl (C=O) groups is 2. The minimum atomic E-state index is -0.0803. The second kappa shape index (κ2) is 6.59. The number of hydrogen-bond donors (Lipinski definition) is 1. The van der Waals surface area contributed by atoms with Gasteiger partial charge >= 0.3 is 0 Å². The smallest absolute Gasteiger partial charge is 0.225 e. The van der Waals surface area contributed by atoms with Crippen LogP contribution < -0.4 is 5.32 Å². The van der Waals surface area contributed by atoms with Crippen LogP contribution in [0.2, 0.25) is 0 Å². The molecule has 1 saturated heterocycles. The Balaban J connectivity index is 1.58. The van der Waals surface area contributed by atoms with Gasteiger partial charge in [0.1, 0.15) is 0 Å². The van der Waals surface area contributed by atoms with E-state index in [0.29, 0.717) is 6.54 Å². The van der Waals surface area contributed by atoms with E-state index in [1.165, 1.54) is 0 Å². The summed E-state index contributed by atoms with van der Waals surface area (Å²) in [5, 5.41) is 4.14. The first-order valence-electron chi connectivity index (χ1n) is 8.48. The van der Waals surface area contributed by atoms with Crippen LogP contribution in [0.3, 0.4) is 0 Å². The van der Waals surface area contributed by atoms with Crippen molar-refractivity contribution in [3.63, 3.8) is 0 Å². The van der Waals surface area contributed by atoms with E-state index in [1.54, 1.807) is 11.3 Å². The van der Waals surface area contributed by atoms with E-state index in [9.17, 15) is 9.59 Å². The SMILES string of the molecule is Cc1nc(C)c([C@H](C)NC(=O)[C@@H]2CCCN(C(=O)C3CC3)C2)s1. The van der Waals surface area contributed by atoms with Crippen LogP contribution in [0, 0.1) is 25.7 Å². The van der Waals surface area contributed by atoms with Gasteiger partial charge in [0.05, 0.1) is 22.7 Å². The number of piperidine rings is 1. The van der Waals surface area contributed by atoms with Crippen molar-refractivity contribution in [2.24, 2.45) is 11.8 Å². The van der Waals surface area contributed by atoms with E-state index >= 15 is 0 Å². The summed E-state index contributed by atoms with van der Waals surface area (Å²) in [7, 11) is 0. The molecule has 1 saturated carbocycles. The van der Waals surface area contributed by atoms with Crippen LogP contribution in [0.1, 0.15) is 54.2 Å². The molecule has 1 aromatic rings. The van der Waals surface area contributed by atoms with Crippen LogP contribution in [0.15, 0.2) is 0 Å². The third-order valence-electron chi connectivity index (χ3n) is 4.72. The Hall–Kier alpha value is -1.43. The first kappa shape index (κ1) is 16.4. The average Bonchev–Trinajstić information content (AvgIpc) is 3.31. The van der Waals surface area contributed by atoms with Crippen molar-refractivity contribution in [3.05, 3.63) is 15.6 Å². The predicted octanol–water partition coefficient (Wildman–Crippen LogP) is 2.59. The average molecular weight is 335 g/mol. The van der Waals surface area contributed by atoms with Gasteiger partial charge in [-0.2, -0.15) is 0 Å². The number of hydrogen-bond acceptors (Lipinski definition) is 4. The molecular formula is C17H25N3O2S. The van der Waals surface area contributed by atoms with Crippen LogP contribution in [0.4, 0.5) is 0 Å².